The number of hydrogen-bond donors (Lipinski definition) is 2. The van der Waals surface area contributed by atoms with Crippen molar-refractivity contribution < 1.29 is 14.2 Å². The van der Waals surface area contributed by atoms with Gasteiger partial charge in [-0.05, 0) is 0 Å². The topological polar surface area (TPSA) is 122 Å². The van der Waals surface area contributed by atoms with Crippen molar-refractivity contribution in [3.63, 3.8) is 0 Å². The van der Waals surface area contributed by atoms with Crippen molar-refractivity contribution in [2.75, 3.05) is 39.0 Å². The molecule has 0 fully saturated rings. The Morgan fingerprint density at radius 2 is 2.05 bits per heavy atom. The summed E-state index contributed by atoms with van der Waals surface area (Å²) in [6, 6.07) is 0.150. The SMILES string of the molecule is COCCOCCOc1nc(NN)nc(-n2ccnc2)n1. The minimum Gasteiger partial charge on any atom is -0.461 e. The molecule has 21 heavy (non-hydrogen) atoms. The predicted octanol–water partition coefficient (Wildman–Crippen LogP) is -0.615. The summed E-state index contributed by atoms with van der Waals surface area (Å²) >= 11 is 0. The second-order valence-electron chi connectivity index (χ2n) is 3.81. The van der Waals surface area contributed by atoms with Gasteiger partial charge in [-0.25, -0.2) is 10.8 Å². The van der Waals surface area contributed by atoms with Crippen molar-refractivity contribution >= 4 is 5.95 Å². The van der Waals surface area contributed by atoms with Crippen molar-refractivity contribution in [1.29, 1.82) is 0 Å². The van der Waals surface area contributed by atoms with Gasteiger partial charge in [-0.1, -0.05) is 0 Å². The zero-order valence-electron chi connectivity index (χ0n) is 11.6. The molecule has 0 saturated heterocycles. The lowest BCUT2D eigenvalue weighted by Crippen LogP contribution is -2.16. The molecule has 2 aromatic heterocycles. The van der Waals surface area contributed by atoms with Gasteiger partial charge in [0.1, 0.15) is 12.9 Å². The molecule has 0 aliphatic carbocycles. The van der Waals surface area contributed by atoms with E-state index in [2.05, 4.69) is 25.4 Å². The van der Waals surface area contributed by atoms with Gasteiger partial charge in [-0.3, -0.25) is 9.99 Å². The Morgan fingerprint density at radius 3 is 2.76 bits per heavy atom. The maximum absolute atomic E-state index is 5.41. The lowest BCUT2D eigenvalue weighted by Gasteiger charge is -2.08. The van der Waals surface area contributed by atoms with E-state index in [0.717, 1.165) is 0 Å². The number of nitrogens with zero attached hydrogens (tertiary/aromatic N) is 5. The van der Waals surface area contributed by atoms with Gasteiger partial charge in [-0.15, -0.1) is 0 Å². The zero-order valence-corrected chi connectivity index (χ0v) is 11.6. The second kappa shape index (κ2) is 8.09. The molecule has 114 valence electrons. The summed E-state index contributed by atoms with van der Waals surface area (Å²) in [6.07, 6.45) is 4.88. The van der Waals surface area contributed by atoms with Gasteiger partial charge in [0, 0.05) is 19.5 Å². The standard InChI is InChI=1S/C11H17N7O3/c1-19-4-5-20-6-7-21-11-15-9(17-12)14-10(16-11)18-3-2-13-8-18/h2-3,8H,4-7,12H2,1H3,(H,14,15,16,17). The number of nitrogens with one attached hydrogen (secondary N) is 1. The molecule has 0 amide bonds. The first-order chi connectivity index (χ1) is 10.3. The van der Waals surface area contributed by atoms with E-state index in [1.807, 2.05) is 0 Å². The molecule has 0 bridgehead atoms. The first-order valence-corrected chi connectivity index (χ1v) is 6.24. The summed E-state index contributed by atoms with van der Waals surface area (Å²) in [4.78, 5) is 16.2. The number of aromatic nitrogens is 5. The summed E-state index contributed by atoms with van der Waals surface area (Å²) in [6.45, 7) is 1.76. The van der Waals surface area contributed by atoms with Crippen LogP contribution in [0.2, 0.25) is 0 Å². The Bertz CT molecular complexity index is 535. The van der Waals surface area contributed by atoms with Crippen LogP contribution in [-0.4, -0.2) is 58.0 Å². The molecule has 10 nitrogen and oxygen atoms in total. The van der Waals surface area contributed by atoms with E-state index in [4.69, 9.17) is 20.1 Å². The number of hydrogen-bond acceptors (Lipinski definition) is 9. The maximum Gasteiger partial charge on any atom is 0.323 e. The number of hydrazine groups is 1. The fourth-order valence-corrected chi connectivity index (χ4v) is 1.40. The van der Waals surface area contributed by atoms with Gasteiger partial charge in [-0.2, -0.15) is 15.0 Å². The highest BCUT2D eigenvalue weighted by molar-refractivity contribution is 5.28. The van der Waals surface area contributed by atoms with E-state index >= 15 is 0 Å². The van der Waals surface area contributed by atoms with Crippen LogP contribution in [0.15, 0.2) is 18.7 Å². The molecule has 0 aliphatic rings. The van der Waals surface area contributed by atoms with Crippen molar-refractivity contribution in [3.05, 3.63) is 18.7 Å². The Hall–Kier alpha value is -2.30. The van der Waals surface area contributed by atoms with Crippen molar-refractivity contribution in [2.45, 2.75) is 0 Å². The highest BCUT2D eigenvalue weighted by Gasteiger charge is 2.08. The van der Waals surface area contributed by atoms with Crippen molar-refractivity contribution in [1.82, 2.24) is 24.5 Å². The average molecular weight is 295 g/mol. The number of nitrogen functional groups attached to an aromatic ring is 1. The molecule has 0 aliphatic heterocycles. The summed E-state index contributed by atoms with van der Waals surface area (Å²) in [5.41, 5.74) is 2.36. The molecule has 0 atom stereocenters. The van der Waals surface area contributed by atoms with E-state index in [1.165, 1.54) is 0 Å². The Balaban J connectivity index is 1.94. The number of rotatable bonds is 9. The van der Waals surface area contributed by atoms with E-state index in [1.54, 1.807) is 30.4 Å². The van der Waals surface area contributed by atoms with Crippen LogP contribution in [0, 0.1) is 0 Å². The molecule has 3 N–H and O–H groups in total. The maximum atomic E-state index is 5.41. The minimum absolute atomic E-state index is 0.150. The van der Waals surface area contributed by atoms with Crippen LogP contribution in [0.25, 0.3) is 5.95 Å². The minimum atomic E-state index is 0.150. The third kappa shape index (κ3) is 4.63. The summed E-state index contributed by atoms with van der Waals surface area (Å²) < 4.78 is 17.2. The van der Waals surface area contributed by atoms with E-state index in [0.29, 0.717) is 32.4 Å². The van der Waals surface area contributed by atoms with Gasteiger partial charge in [0.05, 0.1) is 19.8 Å². The van der Waals surface area contributed by atoms with Gasteiger partial charge >= 0.3 is 6.01 Å². The van der Waals surface area contributed by atoms with E-state index in [-0.39, 0.29) is 12.0 Å². The molecule has 0 aromatic carbocycles. The third-order valence-electron chi connectivity index (χ3n) is 2.36. The largest absolute Gasteiger partial charge is 0.461 e. The molecule has 10 heteroatoms. The van der Waals surface area contributed by atoms with Crippen LogP contribution >= 0.6 is 0 Å². The van der Waals surface area contributed by atoms with Crippen LogP contribution < -0.4 is 16.0 Å². The van der Waals surface area contributed by atoms with Crippen LogP contribution in [0.3, 0.4) is 0 Å². The normalized spacial score (nSPS) is 10.6. The molecular formula is C11H17N7O3. The lowest BCUT2D eigenvalue weighted by molar-refractivity contribution is 0.0528. The van der Waals surface area contributed by atoms with Crippen LogP contribution in [0.5, 0.6) is 6.01 Å². The van der Waals surface area contributed by atoms with Gasteiger partial charge in [0.25, 0.3) is 0 Å². The van der Waals surface area contributed by atoms with Crippen LogP contribution in [0.1, 0.15) is 0 Å². The monoisotopic (exact) mass is 295 g/mol. The molecule has 2 aromatic rings. The van der Waals surface area contributed by atoms with Crippen LogP contribution in [-0.2, 0) is 9.47 Å². The number of ether oxygens (including phenoxy) is 3. The Morgan fingerprint density at radius 1 is 1.19 bits per heavy atom. The van der Waals surface area contributed by atoms with Crippen molar-refractivity contribution in [2.24, 2.45) is 5.84 Å². The molecule has 0 saturated carbocycles. The molecule has 2 rings (SSSR count). The van der Waals surface area contributed by atoms with Crippen LogP contribution in [0.4, 0.5) is 5.95 Å². The summed E-state index contributed by atoms with van der Waals surface area (Å²) in [5, 5.41) is 0. The van der Waals surface area contributed by atoms with Gasteiger partial charge in [0.15, 0.2) is 0 Å². The fourth-order valence-electron chi connectivity index (χ4n) is 1.40. The van der Waals surface area contributed by atoms with Crippen molar-refractivity contribution in [3.8, 4) is 12.0 Å². The predicted molar refractivity (Wildman–Crippen MR) is 72.9 cm³/mol. The molecule has 0 unspecified atom stereocenters. The molecule has 0 spiro atoms. The highest BCUT2D eigenvalue weighted by Crippen LogP contribution is 2.10. The zero-order chi connectivity index (χ0) is 14.9. The molecule has 2 heterocycles. The van der Waals surface area contributed by atoms with Gasteiger partial charge < -0.3 is 14.2 Å². The lowest BCUT2D eigenvalue weighted by atomic mass is 10.7. The summed E-state index contributed by atoms with van der Waals surface area (Å²) in [7, 11) is 1.61. The second-order valence-corrected chi connectivity index (χ2v) is 3.81. The molecular weight excluding hydrogens is 278 g/mol. The number of imidazole rings is 1. The van der Waals surface area contributed by atoms with E-state index in [9.17, 15) is 0 Å². The third-order valence-corrected chi connectivity index (χ3v) is 2.36. The quantitative estimate of drug-likeness (QED) is 0.354. The fraction of sp³-hybridized carbons (Fsp3) is 0.455. The Labute approximate surface area is 121 Å². The first-order valence-electron chi connectivity index (χ1n) is 6.24. The number of anilines is 1. The Kier molecular flexibility index (Phi) is 5.82. The van der Waals surface area contributed by atoms with E-state index < -0.39 is 0 Å². The smallest absolute Gasteiger partial charge is 0.323 e. The number of methoxy groups -OCH3 is 1. The highest BCUT2D eigenvalue weighted by atomic mass is 16.5. The first kappa shape index (κ1) is 15.1. The summed E-state index contributed by atoms with van der Waals surface area (Å²) in [5.74, 6) is 5.88. The molecule has 0 radical (unpaired) electrons. The van der Waals surface area contributed by atoms with Gasteiger partial charge in [0.2, 0.25) is 11.9 Å². The average Bonchev–Trinajstić information content (AvgIpc) is 3.05. The number of nitrogens with two attached hydrogens (primary N) is 1.